The van der Waals surface area contributed by atoms with Gasteiger partial charge in [-0.2, -0.15) is 0 Å². The van der Waals surface area contributed by atoms with E-state index >= 15 is 0 Å². The molecule has 0 aliphatic carbocycles. The first-order chi connectivity index (χ1) is 9.52. The van der Waals surface area contributed by atoms with Gasteiger partial charge in [-0.25, -0.2) is 0 Å². The fourth-order valence-corrected chi connectivity index (χ4v) is 1.56. The minimum absolute atomic E-state index is 0.0189. The number of amides is 2. The molecular weight excluding hydrogens is 256 g/mol. The van der Waals surface area contributed by atoms with Crippen molar-refractivity contribution in [3.05, 3.63) is 29.3 Å². The number of aryl methyl sites for hydroxylation is 2. The number of carbonyl (C=O) groups excluding carboxylic acids is 2. The zero-order valence-corrected chi connectivity index (χ0v) is 12.3. The first-order valence-electron chi connectivity index (χ1n) is 6.76. The van der Waals surface area contributed by atoms with Gasteiger partial charge in [-0.05, 0) is 37.5 Å². The maximum absolute atomic E-state index is 11.6. The van der Waals surface area contributed by atoms with Crippen LogP contribution >= 0.6 is 0 Å². The van der Waals surface area contributed by atoms with E-state index in [-0.39, 0.29) is 25.0 Å². The van der Waals surface area contributed by atoms with E-state index in [9.17, 15) is 9.59 Å². The van der Waals surface area contributed by atoms with Crippen molar-refractivity contribution in [2.24, 2.45) is 0 Å². The summed E-state index contributed by atoms with van der Waals surface area (Å²) in [5.74, 6) is 0.195. The minimum Gasteiger partial charge on any atom is -0.483 e. The van der Waals surface area contributed by atoms with Crippen molar-refractivity contribution in [1.29, 1.82) is 0 Å². The molecule has 1 aromatic carbocycles. The summed E-state index contributed by atoms with van der Waals surface area (Å²) < 4.78 is 5.45. The second-order valence-corrected chi connectivity index (χ2v) is 4.68. The van der Waals surface area contributed by atoms with Crippen molar-refractivity contribution in [2.75, 3.05) is 19.7 Å². The van der Waals surface area contributed by atoms with Crippen LogP contribution in [-0.2, 0) is 9.59 Å². The molecule has 0 unspecified atom stereocenters. The lowest BCUT2D eigenvalue weighted by Gasteiger charge is -2.10. The molecule has 2 amide bonds. The van der Waals surface area contributed by atoms with E-state index in [1.165, 1.54) is 0 Å². The first-order valence-corrected chi connectivity index (χ1v) is 6.76. The number of benzene rings is 1. The van der Waals surface area contributed by atoms with Gasteiger partial charge < -0.3 is 15.4 Å². The highest BCUT2D eigenvalue weighted by Gasteiger charge is 2.07. The maximum atomic E-state index is 11.6. The summed E-state index contributed by atoms with van der Waals surface area (Å²) in [5.41, 5.74) is 2.05. The predicted molar refractivity (Wildman–Crippen MR) is 77.7 cm³/mol. The number of hydrogen-bond acceptors (Lipinski definition) is 3. The molecule has 20 heavy (non-hydrogen) atoms. The van der Waals surface area contributed by atoms with Gasteiger partial charge in [0.25, 0.3) is 5.91 Å². The van der Waals surface area contributed by atoms with Gasteiger partial charge in [0.15, 0.2) is 6.61 Å². The monoisotopic (exact) mass is 278 g/mol. The smallest absolute Gasteiger partial charge is 0.258 e. The minimum atomic E-state index is -0.308. The zero-order chi connectivity index (χ0) is 15.0. The third-order valence-electron chi connectivity index (χ3n) is 2.72. The van der Waals surface area contributed by atoms with E-state index in [1.807, 2.05) is 39.0 Å². The van der Waals surface area contributed by atoms with Gasteiger partial charge in [0, 0.05) is 6.54 Å². The van der Waals surface area contributed by atoms with E-state index < -0.39 is 0 Å². The van der Waals surface area contributed by atoms with Crippen LogP contribution in [0.3, 0.4) is 0 Å². The first kappa shape index (κ1) is 16.0. The van der Waals surface area contributed by atoms with Crippen molar-refractivity contribution in [3.63, 3.8) is 0 Å². The lowest BCUT2D eigenvalue weighted by molar-refractivity contribution is -0.127. The van der Waals surface area contributed by atoms with E-state index in [0.29, 0.717) is 12.3 Å². The largest absolute Gasteiger partial charge is 0.483 e. The third kappa shape index (κ3) is 5.73. The topological polar surface area (TPSA) is 67.4 Å². The normalized spacial score (nSPS) is 9.95. The number of carbonyl (C=O) groups is 2. The van der Waals surface area contributed by atoms with Crippen LogP contribution in [0.25, 0.3) is 0 Å². The molecule has 0 aliphatic rings. The Labute approximate surface area is 119 Å². The van der Waals surface area contributed by atoms with Crippen molar-refractivity contribution < 1.29 is 14.3 Å². The second kappa shape index (κ2) is 8.19. The quantitative estimate of drug-likeness (QED) is 0.790. The Balaban J connectivity index is 2.33. The van der Waals surface area contributed by atoms with E-state index in [0.717, 1.165) is 17.5 Å². The summed E-state index contributed by atoms with van der Waals surface area (Å²) in [5, 5.41) is 5.20. The molecule has 5 nitrogen and oxygen atoms in total. The standard InChI is InChI=1S/C15H22N2O3/c1-4-7-16-14(18)9-17-15(19)10-20-13-8-11(2)5-6-12(13)3/h5-6,8H,4,7,9-10H2,1-3H3,(H,16,18)(H,17,19). The average molecular weight is 278 g/mol. The predicted octanol–water partition coefficient (Wildman–Crippen LogP) is 1.32. The van der Waals surface area contributed by atoms with Crippen molar-refractivity contribution in [2.45, 2.75) is 27.2 Å². The Bertz CT molecular complexity index is 472. The lowest BCUT2D eigenvalue weighted by Crippen LogP contribution is -2.39. The molecule has 2 N–H and O–H groups in total. The van der Waals surface area contributed by atoms with Crippen LogP contribution < -0.4 is 15.4 Å². The fourth-order valence-electron chi connectivity index (χ4n) is 1.56. The Morgan fingerprint density at radius 3 is 2.60 bits per heavy atom. The average Bonchev–Trinajstić information content (AvgIpc) is 2.43. The molecule has 110 valence electrons. The van der Waals surface area contributed by atoms with Crippen LogP contribution in [0.2, 0.25) is 0 Å². The van der Waals surface area contributed by atoms with Crippen molar-refractivity contribution >= 4 is 11.8 Å². The second-order valence-electron chi connectivity index (χ2n) is 4.68. The summed E-state index contributed by atoms with van der Waals surface area (Å²) >= 11 is 0. The SMILES string of the molecule is CCCNC(=O)CNC(=O)COc1cc(C)ccc1C. The fraction of sp³-hybridized carbons (Fsp3) is 0.467. The molecule has 0 aliphatic heterocycles. The molecule has 0 saturated heterocycles. The Morgan fingerprint density at radius 2 is 1.90 bits per heavy atom. The molecular formula is C15H22N2O3. The molecule has 0 heterocycles. The maximum Gasteiger partial charge on any atom is 0.258 e. The van der Waals surface area contributed by atoms with Gasteiger partial charge >= 0.3 is 0 Å². The molecule has 5 heteroatoms. The van der Waals surface area contributed by atoms with Gasteiger partial charge in [0.1, 0.15) is 5.75 Å². The van der Waals surface area contributed by atoms with Gasteiger partial charge in [-0.1, -0.05) is 19.1 Å². The molecule has 0 radical (unpaired) electrons. The third-order valence-corrected chi connectivity index (χ3v) is 2.72. The summed E-state index contributed by atoms with van der Waals surface area (Å²) in [6, 6.07) is 5.82. The molecule has 0 spiro atoms. The van der Waals surface area contributed by atoms with E-state index in [4.69, 9.17) is 4.74 Å². The van der Waals surface area contributed by atoms with Crippen molar-refractivity contribution in [1.82, 2.24) is 10.6 Å². The van der Waals surface area contributed by atoms with Crippen LogP contribution in [-0.4, -0.2) is 31.5 Å². The molecule has 0 bridgehead atoms. The number of hydrogen-bond donors (Lipinski definition) is 2. The molecule has 0 saturated carbocycles. The van der Waals surface area contributed by atoms with Crippen LogP contribution in [0.5, 0.6) is 5.75 Å². The van der Waals surface area contributed by atoms with Gasteiger partial charge in [0.2, 0.25) is 5.91 Å². The summed E-state index contributed by atoms with van der Waals surface area (Å²) in [4.78, 5) is 22.9. The Kier molecular flexibility index (Phi) is 6.56. The highest BCUT2D eigenvalue weighted by Crippen LogP contribution is 2.18. The Hall–Kier alpha value is -2.04. The molecule has 1 aromatic rings. The van der Waals surface area contributed by atoms with E-state index in [1.54, 1.807) is 0 Å². The lowest BCUT2D eigenvalue weighted by atomic mass is 10.1. The number of nitrogens with one attached hydrogen (secondary N) is 2. The van der Waals surface area contributed by atoms with E-state index in [2.05, 4.69) is 10.6 Å². The van der Waals surface area contributed by atoms with Crippen LogP contribution in [0.15, 0.2) is 18.2 Å². The molecule has 0 fully saturated rings. The molecule has 0 atom stereocenters. The van der Waals surface area contributed by atoms with Crippen LogP contribution in [0, 0.1) is 13.8 Å². The van der Waals surface area contributed by atoms with Gasteiger partial charge in [-0.3, -0.25) is 9.59 Å². The van der Waals surface area contributed by atoms with Crippen LogP contribution in [0.4, 0.5) is 0 Å². The van der Waals surface area contributed by atoms with Crippen LogP contribution in [0.1, 0.15) is 24.5 Å². The number of ether oxygens (including phenoxy) is 1. The molecule has 0 aromatic heterocycles. The Morgan fingerprint density at radius 1 is 1.15 bits per heavy atom. The number of rotatable bonds is 7. The van der Waals surface area contributed by atoms with Gasteiger partial charge in [0.05, 0.1) is 6.54 Å². The molecule has 1 rings (SSSR count). The summed E-state index contributed by atoms with van der Waals surface area (Å²) in [6.07, 6.45) is 0.870. The summed E-state index contributed by atoms with van der Waals surface area (Å²) in [6.45, 7) is 6.36. The highest BCUT2D eigenvalue weighted by atomic mass is 16.5. The van der Waals surface area contributed by atoms with Crippen molar-refractivity contribution in [3.8, 4) is 5.75 Å². The zero-order valence-electron chi connectivity index (χ0n) is 12.3. The summed E-state index contributed by atoms with van der Waals surface area (Å²) in [7, 11) is 0. The van der Waals surface area contributed by atoms with Gasteiger partial charge in [-0.15, -0.1) is 0 Å². The highest BCUT2D eigenvalue weighted by molar-refractivity contribution is 5.85.